The van der Waals surface area contributed by atoms with Crippen molar-refractivity contribution in [3.05, 3.63) is 59.1 Å². The van der Waals surface area contributed by atoms with E-state index in [-0.39, 0.29) is 11.8 Å². The molecule has 1 saturated carbocycles. The van der Waals surface area contributed by atoms with Crippen LogP contribution in [0.2, 0.25) is 5.02 Å². The second-order valence-electron chi connectivity index (χ2n) is 5.77. The fourth-order valence-corrected chi connectivity index (χ4v) is 3.00. The summed E-state index contributed by atoms with van der Waals surface area (Å²) in [6, 6.07) is 14.5. The molecule has 0 heterocycles. The molecule has 1 fully saturated rings. The molecule has 118 valence electrons. The molecule has 4 nitrogen and oxygen atoms in total. The highest BCUT2D eigenvalue weighted by atomic mass is 35.5. The Labute approximate surface area is 139 Å². The van der Waals surface area contributed by atoms with Gasteiger partial charge >= 0.3 is 0 Å². The third-order valence-electron chi connectivity index (χ3n) is 4.04. The molecule has 1 aliphatic carbocycles. The van der Waals surface area contributed by atoms with Gasteiger partial charge in [0.15, 0.2) is 0 Å². The molecule has 23 heavy (non-hydrogen) atoms. The number of carbonyl (C=O) groups excluding carboxylic acids is 2. The quantitative estimate of drug-likeness (QED) is 0.892. The van der Waals surface area contributed by atoms with Crippen LogP contribution in [0.25, 0.3) is 0 Å². The van der Waals surface area contributed by atoms with Gasteiger partial charge < -0.3 is 10.6 Å². The van der Waals surface area contributed by atoms with Crippen LogP contribution >= 0.6 is 11.6 Å². The SMILES string of the molecule is CC(=O)Nc1ccc(NC(=O)C2(c3ccccc3Cl)CC2)cc1. The molecule has 0 spiro atoms. The third kappa shape index (κ3) is 3.22. The Balaban J connectivity index is 1.74. The van der Waals surface area contributed by atoms with Crippen molar-refractivity contribution in [3.63, 3.8) is 0 Å². The number of anilines is 2. The van der Waals surface area contributed by atoms with Gasteiger partial charge in [-0.25, -0.2) is 0 Å². The summed E-state index contributed by atoms with van der Waals surface area (Å²) in [6.07, 6.45) is 1.60. The maximum absolute atomic E-state index is 12.7. The van der Waals surface area contributed by atoms with E-state index in [4.69, 9.17) is 11.6 Å². The van der Waals surface area contributed by atoms with E-state index in [9.17, 15) is 9.59 Å². The van der Waals surface area contributed by atoms with Gasteiger partial charge in [0.05, 0.1) is 5.41 Å². The summed E-state index contributed by atoms with van der Waals surface area (Å²) >= 11 is 6.24. The van der Waals surface area contributed by atoms with Crippen LogP contribution in [0.15, 0.2) is 48.5 Å². The summed E-state index contributed by atoms with van der Waals surface area (Å²) in [5.41, 5.74) is 1.76. The van der Waals surface area contributed by atoms with Crippen molar-refractivity contribution < 1.29 is 9.59 Å². The molecule has 0 aromatic heterocycles. The van der Waals surface area contributed by atoms with E-state index in [1.807, 2.05) is 24.3 Å². The van der Waals surface area contributed by atoms with Crippen LogP contribution in [0.4, 0.5) is 11.4 Å². The van der Waals surface area contributed by atoms with Crippen molar-refractivity contribution in [1.29, 1.82) is 0 Å². The highest BCUT2D eigenvalue weighted by Crippen LogP contribution is 2.51. The minimum absolute atomic E-state index is 0.0436. The highest BCUT2D eigenvalue weighted by molar-refractivity contribution is 6.32. The number of amides is 2. The summed E-state index contributed by atoms with van der Waals surface area (Å²) < 4.78 is 0. The second-order valence-corrected chi connectivity index (χ2v) is 6.18. The monoisotopic (exact) mass is 328 g/mol. The molecule has 1 aliphatic rings. The van der Waals surface area contributed by atoms with Gasteiger partial charge in [-0.15, -0.1) is 0 Å². The van der Waals surface area contributed by atoms with Crippen molar-refractivity contribution in [2.45, 2.75) is 25.2 Å². The van der Waals surface area contributed by atoms with Crippen molar-refractivity contribution >= 4 is 34.8 Å². The van der Waals surface area contributed by atoms with Gasteiger partial charge in [-0.1, -0.05) is 29.8 Å². The van der Waals surface area contributed by atoms with E-state index in [1.165, 1.54) is 6.92 Å². The van der Waals surface area contributed by atoms with Gasteiger partial charge in [-0.2, -0.15) is 0 Å². The lowest BCUT2D eigenvalue weighted by Gasteiger charge is -2.17. The van der Waals surface area contributed by atoms with E-state index in [0.29, 0.717) is 16.4 Å². The van der Waals surface area contributed by atoms with Crippen LogP contribution in [0, 0.1) is 0 Å². The number of carbonyl (C=O) groups is 2. The average molecular weight is 329 g/mol. The van der Waals surface area contributed by atoms with Crippen molar-refractivity contribution in [2.24, 2.45) is 0 Å². The fourth-order valence-electron chi connectivity index (χ4n) is 2.68. The van der Waals surface area contributed by atoms with E-state index in [0.717, 1.165) is 18.4 Å². The Bertz CT molecular complexity index is 752. The fraction of sp³-hybridized carbons (Fsp3) is 0.222. The van der Waals surface area contributed by atoms with Crippen molar-refractivity contribution in [2.75, 3.05) is 10.6 Å². The van der Waals surface area contributed by atoms with E-state index in [1.54, 1.807) is 24.3 Å². The van der Waals surface area contributed by atoms with E-state index in [2.05, 4.69) is 10.6 Å². The molecule has 0 aliphatic heterocycles. The Kier molecular flexibility index (Phi) is 4.09. The van der Waals surface area contributed by atoms with Gasteiger partial charge in [0, 0.05) is 23.3 Å². The van der Waals surface area contributed by atoms with Crippen LogP contribution in [0.3, 0.4) is 0 Å². The van der Waals surface area contributed by atoms with Crippen molar-refractivity contribution in [3.8, 4) is 0 Å². The summed E-state index contributed by atoms with van der Waals surface area (Å²) in [5, 5.41) is 6.26. The first-order valence-corrected chi connectivity index (χ1v) is 7.83. The molecule has 2 amide bonds. The predicted molar refractivity (Wildman–Crippen MR) is 91.7 cm³/mol. The number of hydrogen-bond acceptors (Lipinski definition) is 2. The Morgan fingerprint density at radius 1 is 0.957 bits per heavy atom. The molecule has 0 saturated heterocycles. The molecular formula is C18H17ClN2O2. The van der Waals surface area contributed by atoms with Crippen LogP contribution in [0.1, 0.15) is 25.3 Å². The maximum Gasteiger partial charge on any atom is 0.235 e. The molecular weight excluding hydrogens is 312 g/mol. The first-order valence-electron chi connectivity index (χ1n) is 7.45. The van der Waals surface area contributed by atoms with Crippen LogP contribution in [-0.4, -0.2) is 11.8 Å². The maximum atomic E-state index is 12.7. The Morgan fingerprint density at radius 2 is 1.52 bits per heavy atom. The topological polar surface area (TPSA) is 58.2 Å². The van der Waals surface area contributed by atoms with Crippen LogP contribution < -0.4 is 10.6 Å². The summed E-state index contributed by atoms with van der Waals surface area (Å²) in [7, 11) is 0. The number of hydrogen-bond donors (Lipinski definition) is 2. The van der Waals surface area contributed by atoms with Crippen molar-refractivity contribution in [1.82, 2.24) is 0 Å². The first-order chi connectivity index (χ1) is 11.0. The summed E-state index contributed by atoms with van der Waals surface area (Å²) in [6.45, 7) is 1.45. The molecule has 0 radical (unpaired) electrons. The largest absolute Gasteiger partial charge is 0.326 e. The lowest BCUT2D eigenvalue weighted by molar-refractivity contribution is -0.118. The lowest BCUT2D eigenvalue weighted by Crippen LogP contribution is -2.28. The Morgan fingerprint density at radius 3 is 2.04 bits per heavy atom. The Hall–Kier alpha value is -2.33. The summed E-state index contributed by atoms with van der Waals surface area (Å²) in [5.74, 6) is -0.171. The molecule has 0 bridgehead atoms. The molecule has 2 N–H and O–H groups in total. The number of nitrogens with one attached hydrogen (secondary N) is 2. The molecule has 0 unspecified atom stereocenters. The average Bonchev–Trinajstić information content (AvgIpc) is 3.31. The molecule has 2 aromatic rings. The van der Waals surface area contributed by atoms with Gasteiger partial charge in [0.25, 0.3) is 0 Å². The molecule has 2 aromatic carbocycles. The molecule has 3 rings (SSSR count). The number of rotatable bonds is 4. The third-order valence-corrected chi connectivity index (χ3v) is 4.37. The predicted octanol–water partition coefficient (Wildman–Crippen LogP) is 3.97. The smallest absolute Gasteiger partial charge is 0.235 e. The van der Waals surface area contributed by atoms with Gasteiger partial charge in [0.2, 0.25) is 11.8 Å². The first kappa shape index (κ1) is 15.6. The lowest BCUT2D eigenvalue weighted by atomic mass is 9.95. The van der Waals surface area contributed by atoms with E-state index >= 15 is 0 Å². The van der Waals surface area contributed by atoms with Crippen LogP contribution in [-0.2, 0) is 15.0 Å². The molecule has 0 atom stereocenters. The summed E-state index contributed by atoms with van der Waals surface area (Å²) in [4.78, 5) is 23.7. The normalized spacial score (nSPS) is 14.9. The van der Waals surface area contributed by atoms with Gasteiger partial charge in [-0.3, -0.25) is 9.59 Å². The van der Waals surface area contributed by atoms with Crippen LogP contribution in [0.5, 0.6) is 0 Å². The standard InChI is InChI=1S/C18H17ClN2O2/c1-12(22)20-13-6-8-14(9-7-13)21-17(23)18(10-11-18)15-4-2-3-5-16(15)19/h2-9H,10-11H2,1H3,(H,20,22)(H,21,23). The minimum atomic E-state index is -0.519. The van der Waals surface area contributed by atoms with E-state index < -0.39 is 5.41 Å². The number of halogens is 1. The minimum Gasteiger partial charge on any atom is -0.326 e. The molecule has 5 heteroatoms. The zero-order valence-electron chi connectivity index (χ0n) is 12.7. The highest BCUT2D eigenvalue weighted by Gasteiger charge is 2.52. The van der Waals surface area contributed by atoms with Gasteiger partial charge in [-0.05, 0) is 48.7 Å². The zero-order valence-corrected chi connectivity index (χ0v) is 13.5. The van der Waals surface area contributed by atoms with Gasteiger partial charge in [0.1, 0.15) is 0 Å². The second kappa shape index (κ2) is 6.05. The zero-order chi connectivity index (χ0) is 16.4. The number of benzene rings is 2.